The lowest BCUT2D eigenvalue weighted by Crippen LogP contribution is -2.23. The van der Waals surface area contributed by atoms with Crippen molar-refractivity contribution in [3.05, 3.63) is 45.4 Å². The predicted molar refractivity (Wildman–Crippen MR) is 80.4 cm³/mol. The van der Waals surface area contributed by atoms with Crippen molar-refractivity contribution in [2.75, 3.05) is 7.05 Å². The van der Waals surface area contributed by atoms with E-state index in [1.54, 1.807) is 30.1 Å². The Morgan fingerprint density at radius 3 is 2.80 bits per heavy atom. The Morgan fingerprint density at radius 2 is 2.15 bits per heavy atom. The first-order chi connectivity index (χ1) is 9.53. The molecular weight excluding hydrogens is 318 g/mol. The lowest BCUT2D eigenvalue weighted by Gasteiger charge is -2.09. The molecular formula is C12H14ClN3O2S2. The van der Waals surface area contributed by atoms with Crippen molar-refractivity contribution in [3.63, 3.8) is 0 Å². The van der Waals surface area contributed by atoms with E-state index in [-0.39, 0.29) is 11.4 Å². The molecule has 5 nitrogen and oxygen atoms in total. The van der Waals surface area contributed by atoms with Gasteiger partial charge >= 0.3 is 0 Å². The number of nitrogens with one attached hydrogen (secondary N) is 2. The second kappa shape index (κ2) is 6.64. The zero-order valence-corrected chi connectivity index (χ0v) is 13.1. The standard InChI is InChI=1S/C12H14ClN3O2S2/c1-14-5-9-4-11(2-3-12(9)13)20(17,18)16-6-10-7-19-8-15-10/h2-4,7-8,14,16H,5-6H2,1H3. The van der Waals surface area contributed by atoms with Gasteiger partial charge in [-0.3, -0.25) is 0 Å². The molecule has 2 aromatic rings. The molecule has 20 heavy (non-hydrogen) atoms. The molecule has 0 aliphatic carbocycles. The summed E-state index contributed by atoms with van der Waals surface area (Å²) in [5.41, 5.74) is 3.10. The van der Waals surface area contributed by atoms with E-state index in [2.05, 4.69) is 15.0 Å². The summed E-state index contributed by atoms with van der Waals surface area (Å²) in [4.78, 5) is 4.23. The maximum absolute atomic E-state index is 12.2. The van der Waals surface area contributed by atoms with Gasteiger partial charge in [0, 0.05) is 16.9 Å². The van der Waals surface area contributed by atoms with Crippen LogP contribution in [0.5, 0.6) is 0 Å². The number of hydrogen-bond donors (Lipinski definition) is 2. The van der Waals surface area contributed by atoms with E-state index in [0.717, 1.165) is 5.56 Å². The van der Waals surface area contributed by atoms with Crippen LogP contribution < -0.4 is 10.0 Å². The first kappa shape index (κ1) is 15.4. The van der Waals surface area contributed by atoms with Gasteiger partial charge in [-0.2, -0.15) is 0 Å². The third-order valence-electron chi connectivity index (χ3n) is 2.62. The number of aromatic nitrogens is 1. The molecule has 0 spiro atoms. The van der Waals surface area contributed by atoms with Crippen molar-refractivity contribution >= 4 is 33.0 Å². The number of benzene rings is 1. The highest BCUT2D eigenvalue weighted by Gasteiger charge is 2.15. The Labute approximate surface area is 127 Å². The maximum atomic E-state index is 12.2. The molecule has 0 fully saturated rings. The molecule has 0 unspecified atom stereocenters. The maximum Gasteiger partial charge on any atom is 0.240 e. The number of rotatable bonds is 6. The lowest BCUT2D eigenvalue weighted by molar-refractivity contribution is 0.580. The molecule has 0 radical (unpaired) electrons. The average Bonchev–Trinajstić information content (AvgIpc) is 2.92. The van der Waals surface area contributed by atoms with Crippen LogP contribution in [0.3, 0.4) is 0 Å². The van der Waals surface area contributed by atoms with Crippen LogP contribution in [0.2, 0.25) is 5.02 Å². The van der Waals surface area contributed by atoms with Crippen LogP contribution in [0.4, 0.5) is 0 Å². The summed E-state index contributed by atoms with van der Waals surface area (Å²) in [7, 11) is -1.79. The first-order valence-corrected chi connectivity index (χ1v) is 8.63. The molecule has 0 atom stereocenters. The third-order valence-corrected chi connectivity index (χ3v) is 5.02. The van der Waals surface area contributed by atoms with E-state index in [0.29, 0.717) is 17.3 Å². The minimum atomic E-state index is -3.57. The smallest absolute Gasteiger partial charge is 0.240 e. The van der Waals surface area contributed by atoms with Crippen LogP contribution in [-0.4, -0.2) is 20.4 Å². The number of nitrogens with zero attached hydrogens (tertiary/aromatic N) is 1. The van der Waals surface area contributed by atoms with Gasteiger partial charge in [0.25, 0.3) is 0 Å². The third kappa shape index (κ3) is 3.77. The van der Waals surface area contributed by atoms with Crippen molar-refractivity contribution in [2.24, 2.45) is 0 Å². The number of halogens is 1. The van der Waals surface area contributed by atoms with Crippen LogP contribution in [-0.2, 0) is 23.1 Å². The summed E-state index contributed by atoms with van der Waals surface area (Å²) in [5, 5.41) is 5.29. The monoisotopic (exact) mass is 331 g/mol. The second-order valence-corrected chi connectivity index (χ2v) is 6.98. The largest absolute Gasteiger partial charge is 0.316 e. The molecule has 108 valence electrons. The van der Waals surface area contributed by atoms with Gasteiger partial charge in [0.15, 0.2) is 0 Å². The van der Waals surface area contributed by atoms with Gasteiger partial charge in [-0.25, -0.2) is 18.1 Å². The van der Waals surface area contributed by atoms with Gasteiger partial charge in [-0.1, -0.05) is 11.6 Å². The molecule has 0 amide bonds. The van der Waals surface area contributed by atoms with E-state index in [1.165, 1.54) is 17.4 Å². The van der Waals surface area contributed by atoms with E-state index < -0.39 is 10.0 Å². The predicted octanol–water partition coefficient (Wildman–Crippen LogP) is 1.99. The van der Waals surface area contributed by atoms with Gasteiger partial charge in [0.2, 0.25) is 10.0 Å². The van der Waals surface area contributed by atoms with E-state index >= 15 is 0 Å². The Bertz CT molecular complexity index is 672. The van der Waals surface area contributed by atoms with Gasteiger partial charge in [-0.05, 0) is 30.8 Å². The molecule has 8 heteroatoms. The van der Waals surface area contributed by atoms with Gasteiger partial charge in [-0.15, -0.1) is 11.3 Å². The molecule has 2 N–H and O–H groups in total. The summed E-state index contributed by atoms with van der Waals surface area (Å²) in [6, 6.07) is 4.65. The zero-order chi connectivity index (χ0) is 14.6. The number of hydrogen-bond acceptors (Lipinski definition) is 5. The molecule has 0 bridgehead atoms. The quantitative estimate of drug-likeness (QED) is 0.849. The average molecular weight is 332 g/mol. The van der Waals surface area contributed by atoms with Crippen molar-refractivity contribution in [1.29, 1.82) is 0 Å². The SMILES string of the molecule is CNCc1cc(S(=O)(=O)NCc2cscn2)ccc1Cl. The van der Waals surface area contributed by atoms with E-state index in [1.807, 2.05) is 0 Å². The van der Waals surface area contributed by atoms with E-state index in [4.69, 9.17) is 11.6 Å². The fraction of sp³-hybridized carbons (Fsp3) is 0.250. The molecule has 0 aliphatic heterocycles. The molecule has 0 saturated carbocycles. The Kier molecular flexibility index (Phi) is 5.11. The van der Waals surface area contributed by atoms with Crippen LogP contribution >= 0.6 is 22.9 Å². The van der Waals surface area contributed by atoms with Crippen LogP contribution in [0.1, 0.15) is 11.3 Å². The van der Waals surface area contributed by atoms with Crippen molar-refractivity contribution in [3.8, 4) is 0 Å². The fourth-order valence-corrected chi connectivity index (χ4v) is 3.41. The minimum absolute atomic E-state index is 0.176. The van der Waals surface area contributed by atoms with Crippen LogP contribution in [0, 0.1) is 0 Å². The zero-order valence-electron chi connectivity index (χ0n) is 10.8. The van der Waals surface area contributed by atoms with E-state index in [9.17, 15) is 8.42 Å². The fourth-order valence-electron chi connectivity index (χ4n) is 1.62. The van der Waals surface area contributed by atoms with Crippen molar-refractivity contribution in [2.45, 2.75) is 18.0 Å². The first-order valence-electron chi connectivity index (χ1n) is 5.82. The summed E-state index contributed by atoms with van der Waals surface area (Å²) in [5.74, 6) is 0. The van der Waals surface area contributed by atoms with Gasteiger partial charge in [0.1, 0.15) is 0 Å². The Hall–Kier alpha value is -0.990. The molecule has 1 aromatic carbocycles. The Morgan fingerprint density at radius 1 is 1.35 bits per heavy atom. The highest BCUT2D eigenvalue weighted by molar-refractivity contribution is 7.89. The van der Waals surface area contributed by atoms with Crippen molar-refractivity contribution < 1.29 is 8.42 Å². The summed E-state index contributed by atoms with van der Waals surface area (Å²) in [6.07, 6.45) is 0. The number of thiazole rings is 1. The second-order valence-electron chi connectivity index (χ2n) is 4.09. The molecule has 1 aromatic heterocycles. The van der Waals surface area contributed by atoms with Gasteiger partial charge in [0.05, 0.1) is 22.6 Å². The molecule has 0 saturated heterocycles. The Balaban J connectivity index is 2.18. The van der Waals surface area contributed by atoms with Crippen LogP contribution in [0.15, 0.2) is 34.0 Å². The normalized spacial score (nSPS) is 11.7. The van der Waals surface area contributed by atoms with Crippen LogP contribution in [0.25, 0.3) is 0 Å². The summed E-state index contributed by atoms with van der Waals surface area (Å²) in [6.45, 7) is 0.685. The number of sulfonamides is 1. The molecule has 2 rings (SSSR count). The lowest BCUT2D eigenvalue weighted by atomic mass is 10.2. The highest BCUT2D eigenvalue weighted by atomic mass is 35.5. The summed E-state index contributed by atoms with van der Waals surface area (Å²) < 4.78 is 26.9. The summed E-state index contributed by atoms with van der Waals surface area (Å²) >= 11 is 7.44. The highest BCUT2D eigenvalue weighted by Crippen LogP contribution is 2.20. The molecule has 1 heterocycles. The topological polar surface area (TPSA) is 71.1 Å². The van der Waals surface area contributed by atoms with Crippen molar-refractivity contribution in [1.82, 2.24) is 15.0 Å². The molecule has 0 aliphatic rings. The van der Waals surface area contributed by atoms with Gasteiger partial charge < -0.3 is 5.32 Å². The minimum Gasteiger partial charge on any atom is -0.316 e.